The number of anilines is 1. The number of alkyl halides is 3. The third-order valence-corrected chi connectivity index (χ3v) is 8.94. The van der Waals surface area contributed by atoms with Crippen molar-refractivity contribution < 1.29 is 31.0 Å². The summed E-state index contributed by atoms with van der Waals surface area (Å²) in [6.07, 6.45) is -0.663. The van der Waals surface area contributed by atoms with Crippen molar-refractivity contribution in [1.29, 1.82) is 0 Å². The fraction of sp³-hybridized carbons (Fsp3) is 0.400. The van der Waals surface area contributed by atoms with E-state index >= 15 is 4.39 Å². The van der Waals surface area contributed by atoms with Gasteiger partial charge in [-0.15, -0.1) is 0 Å². The fourth-order valence-electron chi connectivity index (χ4n) is 5.67. The van der Waals surface area contributed by atoms with Gasteiger partial charge in [-0.3, -0.25) is 14.3 Å². The van der Waals surface area contributed by atoms with Crippen molar-refractivity contribution in [2.75, 3.05) is 23.9 Å². The molecule has 1 heterocycles. The molecule has 1 amide bonds. The predicted octanol–water partition coefficient (Wildman–Crippen LogP) is 5.49. The molecule has 0 fully saturated rings. The average Bonchev–Trinajstić information content (AvgIpc) is 3.01. The minimum atomic E-state index is -4.63. The highest BCUT2D eigenvalue weighted by Crippen LogP contribution is 2.34. The number of hydrogen-bond donors (Lipinski definition) is 4. The first-order valence-electron chi connectivity index (χ1n) is 15.4. The number of amides is 1. The van der Waals surface area contributed by atoms with Crippen LogP contribution in [0.1, 0.15) is 54.4 Å². The van der Waals surface area contributed by atoms with E-state index in [0.29, 0.717) is 24.3 Å². The van der Waals surface area contributed by atoms with E-state index in [2.05, 4.69) is 27.8 Å². The molecule has 6 atom stereocenters. The van der Waals surface area contributed by atoms with Crippen LogP contribution in [0.5, 0.6) is 0 Å². The minimum absolute atomic E-state index is 0.0544. The van der Waals surface area contributed by atoms with Gasteiger partial charge in [-0.05, 0) is 74.1 Å². The summed E-state index contributed by atoms with van der Waals surface area (Å²) in [6.45, 7) is 2.51. The normalized spacial score (nSPS) is 20.2. The van der Waals surface area contributed by atoms with E-state index in [9.17, 15) is 26.6 Å². The molecule has 0 aromatic heterocycles. The molecule has 0 radical (unpaired) electrons. The zero-order valence-corrected chi connectivity index (χ0v) is 27.0. The molecule has 3 aromatic carbocycles. The maximum Gasteiger partial charge on any atom is 0.416 e. The molecule has 252 valence electrons. The SMILES string of the molecule is CC1C#CC(CCCS(C)=O)NCC(CCc2c(F)cccc2NC(=O)[C@@H](N)[C@@H](c2ccc(F)cc2)c2cccc(C(F)(F)F)c2)N1. The molecule has 6 nitrogen and oxygen atoms in total. The highest BCUT2D eigenvalue weighted by atomic mass is 32.2. The number of nitrogens with two attached hydrogens (primary N) is 1. The predicted molar refractivity (Wildman–Crippen MR) is 175 cm³/mol. The van der Waals surface area contributed by atoms with Gasteiger partial charge < -0.3 is 16.4 Å². The molecule has 0 aliphatic carbocycles. The summed E-state index contributed by atoms with van der Waals surface area (Å²) in [5.74, 6) is 4.12. The molecule has 1 aliphatic rings. The van der Waals surface area contributed by atoms with Crippen LogP contribution in [0.15, 0.2) is 66.7 Å². The van der Waals surface area contributed by atoms with E-state index in [0.717, 1.165) is 37.1 Å². The van der Waals surface area contributed by atoms with Crippen LogP contribution in [-0.2, 0) is 28.2 Å². The molecular formula is C35H39F5N4O2S. The third-order valence-electron chi connectivity index (χ3n) is 8.08. The first-order chi connectivity index (χ1) is 22.3. The van der Waals surface area contributed by atoms with Crippen LogP contribution in [0.4, 0.5) is 27.6 Å². The summed E-state index contributed by atoms with van der Waals surface area (Å²) in [6, 6.07) is 12.2. The second-order valence-corrected chi connectivity index (χ2v) is 13.3. The Labute approximate surface area is 274 Å². The molecular weight excluding hydrogens is 635 g/mol. The van der Waals surface area contributed by atoms with Crippen molar-refractivity contribution >= 4 is 22.4 Å². The summed E-state index contributed by atoms with van der Waals surface area (Å²) in [4.78, 5) is 13.6. The smallest absolute Gasteiger partial charge is 0.324 e. The minimum Gasteiger partial charge on any atom is -0.324 e. The van der Waals surface area contributed by atoms with Gasteiger partial charge in [-0.2, -0.15) is 13.2 Å². The van der Waals surface area contributed by atoms with E-state index in [1.54, 1.807) is 12.3 Å². The largest absolute Gasteiger partial charge is 0.416 e. The molecule has 12 heteroatoms. The monoisotopic (exact) mass is 674 g/mol. The topological polar surface area (TPSA) is 96.2 Å². The molecule has 4 rings (SSSR count). The van der Waals surface area contributed by atoms with Gasteiger partial charge in [0.1, 0.15) is 11.6 Å². The maximum atomic E-state index is 15.2. The lowest BCUT2D eigenvalue weighted by Gasteiger charge is -2.27. The first kappa shape index (κ1) is 36.2. The Morgan fingerprint density at radius 1 is 1.04 bits per heavy atom. The second-order valence-electron chi connectivity index (χ2n) is 11.7. The summed E-state index contributed by atoms with van der Waals surface area (Å²) in [7, 11) is -0.872. The van der Waals surface area contributed by atoms with Gasteiger partial charge in [-0.25, -0.2) is 8.78 Å². The van der Waals surface area contributed by atoms with E-state index in [1.165, 1.54) is 36.4 Å². The highest BCUT2D eigenvalue weighted by Gasteiger charge is 2.34. The number of carbonyl (C=O) groups is 1. The van der Waals surface area contributed by atoms with Crippen molar-refractivity contribution in [1.82, 2.24) is 10.6 Å². The summed E-state index contributed by atoms with van der Waals surface area (Å²) >= 11 is 0. The van der Waals surface area contributed by atoms with Gasteiger partial charge in [0.25, 0.3) is 0 Å². The third kappa shape index (κ3) is 10.4. The first-order valence-corrected chi connectivity index (χ1v) is 17.1. The van der Waals surface area contributed by atoms with Crippen molar-refractivity contribution in [3.8, 4) is 11.8 Å². The van der Waals surface area contributed by atoms with Crippen LogP contribution in [0, 0.1) is 23.5 Å². The number of benzene rings is 3. The standard InChI is InChI=1S/C35H39F5N4O2S/c1-22-11-16-27(8-5-19-47(2)46)42-21-28(43-22)17-18-29-30(37)9-4-10-31(29)44-34(45)33(41)32(23-12-14-26(36)15-13-23)24-6-3-7-25(20-24)35(38,39)40/h3-4,6-7,9-10,12-15,20,22,27-28,32-33,42-43H,5,8,17-19,21,41H2,1-2H3,(H,44,45)/t22?,27?,28?,32-,33-,47?/m0/s1. The van der Waals surface area contributed by atoms with E-state index in [4.69, 9.17) is 5.73 Å². The van der Waals surface area contributed by atoms with E-state index < -0.39 is 52.0 Å². The van der Waals surface area contributed by atoms with Gasteiger partial charge in [0.15, 0.2) is 0 Å². The Hall–Kier alpha value is -3.63. The Kier molecular flexibility index (Phi) is 12.7. The molecule has 0 spiro atoms. The van der Waals surface area contributed by atoms with Gasteiger partial charge >= 0.3 is 6.18 Å². The zero-order valence-electron chi connectivity index (χ0n) is 26.2. The highest BCUT2D eigenvalue weighted by molar-refractivity contribution is 7.84. The lowest BCUT2D eigenvalue weighted by molar-refractivity contribution is -0.137. The lowest BCUT2D eigenvalue weighted by atomic mass is 9.84. The van der Waals surface area contributed by atoms with Crippen LogP contribution < -0.4 is 21.7 Å². The second kappa shape index (κ2) is 16.5. The Morgan fingerprint density at radius 3 is 2.47 bits per heavy atom. The fourth-order valence-corrected chi connectivity index (χ4v) is 6.24. The Bertz CT molecular complexity index is 1610. The lowest BCUT2D eigenvalue weighted by Crippen LogP contribution is -2.47. The molecule has 0 bridgehead atoms. The molecule has 4 unspecified atom stereocenters. The molecule has 1 aliphatic heterocycles. The van der Waals surface area contributed by atoms with Crippen LogP contribution >= 0.6 is 0 Å². The molecule has 47 heavy (non-hydrogen) atoms. The Balaban J connectivity index is 1.51. The van der Waals surface area contributed by atoms with Crippen LogP contribution in [0.2, 0.25) is 0 Å². The average molecular weight is 675 g/mol. The molecule has 5 N–H and O–H groups in total. The number of carbonyl (C=O) groups excluding carboxylic acids is 1. The molecule has 0 saturated carbocycles. The van der Waals surface area contributed by atoms with Gasteiger partial charge in [0, 0.05) is 52.6 Å². The maximum absolute atomic E-state index is 15.2. The van der Waals surface area contributed by atoms with Crippen LogP contribution in [-0.4, -0.2) is 52.8 Å². The van der Waals surface area contributed by atoms with Crippen LogP contribution in [0.25, 0.3) is 0 Å². The molecule has 3 aromatic rings. The van der Waals surface area contributed by atoms with Crippen molar-refractivity contribution in [3.05, 3.63) is 101 Å². The van der Waals surface area contributed by atoms with E-state index in [1.807, 2.05) is 6.92 Å². The van der Waals surface area contributed by atoms with Crippen molar-refractivity contribution in [2.45, 2.75) is 68.9 Å². The van der Waals surface area contributed by atoms with Crippen molar-refractivity contribution in [3.63, 3.8) is 0 Å². The summed E-state index contributed by atoms with van der Waals surface area (Å²) in [5.41, 5.74) is 6.44. The van der Waals surface area contributed by atoms with Crippen molar-refractivity contribution in [2.24, 2.45) is 5.73 Å². The Morgan fingerprint density at radius 2 is 1.77 bits per heavy atom. The summed E-state index contributed by atoms with van der Waals surface area (Å²) in [5, 5.41) is 9.56. The number of halogens is 5. The van der Waals surface area contributed by atoms with E-state index in [-0.39, 0.29) is 41.4 Å². The quantitative estimate of drug-likeness (QED) is 0.151. The van der Waals surface area contributed by atoms with Crippen LogP contribution in [0.3, 0.4) is 0 Å². The number of hydrogen-bond acceptors (Lipinski definition) is 5. The summed E-state index contributed by atoms with van der Waals surface area (Å²) < 4.78 is 81.1. The zero-order chi connectivity index (χ0) is 34.1. The molecule has 0 saturated heterocycles. The number of nitrogens with one attached hydrogen (secondary N) is 3. The van der Waals surface area contributed by atoms with Gasteiger partial charge in [0.05, 0.1) is 23.7 Å². The van der Waals surface area contributed by atoms with Gasteiger partial charge in [-0.1, -0.05) is 48.2 Å². The number of rotatable bonds is 12. The van der Waals surface area contributed by atoms with Gasteiger partial charge in [0.2, 0.25) is 5.91 Å².